The fourth-order valence-electron chi connectivity index (χ4n) is 1.52. The van der Waals surface area contributed by atoms with E-state index in [1.54, 1.807) is 19.1 Å². The molecule has 1 aromatic carbocycles. The number of anilines is 1. The summed E-state index contributed by atoms with van der Waals surface area (Å²) in [5.74, 6) is -1.09. The van der Waals surface area contributed by atoms with E-state index in [0.29, 0.717) is 15.7 Å². The summed E-state index contributed by atoms with van der Waals surface area (Å²) in [5.41, 5.74) is 6.29. The summed E-state index contributed by atoms with van der Waals surface area (Å²) in [6.07, 6.45) is 0. The average Bonchev–Trinajstić information content (AvgIpc) is 2.30. The summed E-state index contributed by atoms with van der Waals surface area (Å²) >= 11 is 1.12. The van der Waals surface area contributed by atoms with Crippen molar-refractivity contribution in [2.24, 2.45) is 0 Å². The number of hydrogen-bond acceptors (Lipinski definition) is 5. The minimum absolute atomic E-state index is 0.0278. The summed E-state index contributed by atoms with van der Waals surface area (Å²) < 4.78 is 0. The molecule has 0 radical (unpaired) electrons. The standard InChI is InChI=1S/C12H11N3O3S/c1-6-5-9(16)15-12(14-6)19-8-4-2-3-7(10(8)13)11(17)18/h2-5H,13H2,1H3,(H,17,18)(H,14,15,16). The van der Waals surface area contributed by atoms with E-state index < -0.39 is 5.97 Å². The first kappa shape index (κ1) is 13.2. The molecule has 0 unspecified atom stereocenters. The summed E-state index contributed by atoms with van der Waals surface area (Å²) in [6.45, 7) is 1.70. The Labute approximate surface area is 112 Å². The number of aromatic nitrogens is 2. The molecule has 1 aromatic heterocycles. The highest BCUT2D eigenvalue weighted by Gasteiger charge is 2.12. The first-order valence-electron chi connectivity index (χ1n) is 5.35. The van der Waals surface area contributed by atoms with Crippen LogP contribution < -0.4 is 11.3 Å². The predicted molar refractivity (Wildman–Crippen MR) is 71.5 cm³/mol. The van der Waals surface area contributed by atoms with Gasteiger partial charge < -0.3 is 15.8 Å². The molecule has 0 bridgehead atoms. The van der Waals surface area contributed by atoms with Gasteiger partial charge in [-0.1, -0.05) is 6.07 Å². The van der Waals surface area contributed by atoms with Crippen molar-refractivity contribution >= 4 is 23.4 Å². The molecule has 0 fully saturated rings. The number of carboxylic acids is 1. The molecule has 19 heavy (non-hydrogen) atoms. The Kier molecular flexibility index (Phi) is 3.57. The minimum atomic E-state index is -1.09. The monoisotopic (exact) mass is 277 g/mol. The van der Waals surface area contributed by atoms with Gasteiger partial charge in [0.25, 0.3) is 5.56 Å². The quantitative estimate of drug-likeness (QED) is 0.579. The summed E-state index contributed by atoms with van der Waals surface area (Å²) in [4.78, 5) is 29.6. The van der Waals surface area contributed by atoms with E-state index in [9.17, 15) is 9.59 Å². The van der Waals surface area contributed by atoms with Crippen LogP contribution in [0.4, 0.5) is 5.69 Å². The van der Waals surface area contributed by atoms with E-state index in [-0.39, 0.29) is 16.8 Å². The van der Waals surface area contributed by atoms with Gasteiger partial charge in [0.15, 0.2) is 5.16 Å². The number of nitrogens with zero attached hydrogens (tertiary/aromatic N) is 1. The zero-order valence-electron chi connectivity index (χ0n) is 10.0. The maximum Gasteiger partial charge on any atom is 0.337 e. The maximum absolute atomic E-state index is 11.3. The van der Waals surface area contributed by atoms with Crippen molar-refractivity contribution in [3.63, 3.8) is 0 Å². The van der Waals surface area contributed by atoms with Crippen LogP contribution in [0.15, 0.2) is 39.1 Å². The van der Waals surface area contributed by atoms with Crippen LogP contribution in [0.1, 0.15) is 16.1 Å². The molecule has 4 N–H and O–H groups in total. The van der Waals surface area contributed by atoms with Gasteiger partial charge >= 0.3 is 5.97 Å². The van der Waals surface area contributed by atoms with Gasteiger partial charge in [0, 0.05) is 16.7 Å². The second-order valence-electron chi connectivity index (χ2n) is 3.82. The number of rotatable bonds is 3. The van der Waals surface area contributed by atoms with Crippen LogP contribution >= 0.6 is 11.8 Å². The molecule has 2 rings (SSSR count). The average molecular weight is 277 g/mol. The zero-order chi connectivity index (χ0) is 14.0. The summed E-state index contributed by atoms with van der Waals surface area (Å²) in [5, 5.41) is 9.36. The molecule has 0 amide bonds. The lowest BCUT2D eigenvalue weighted by Gasteiger charge is -2.07. The van der Waals surface area contributed by atoms with Gasteiger partial charge in [-0.05, 0) is 30.8 Å². The molecular formula is C12H11N3O3S. The molecule has 2 aromatic rings. The molecule has 0 saturated heterocycles. The Bertz CT molecular complexity index is 697. The van der Waals surface area contributed by atoms with E-state index in [1.165, 1.54) is 12.1 Å². The Hall–Kier alpha value is -2.28. The van der Waals surface area contributed by atoms with Gasteiger partial charge in [0.2, 0.25) is 0 Å². The van der Waals surface area contributed by atoms with Crippen LogP contribution in [0, 0.1) is 6.92 Å². The van der Waals surface area contributed by atoms with E-state index in [4.69, 9.17) is 10.8 Å². The first-order valence-corrected chi connectivity index (χ1v) is 6.16. The van der Waals surface area contributed by atoms with Crippen LogP contribution in [0.2, 0.25) is 0 Å². The number of carboxylic acid groups (broad SMARTS) is 1. The Morgan fingerprint density at radius 3 is 2.84 bits per heavy atom. The highest BCUT2D eigenvalue weighted by molar-refractivity contribution is 7.99. The van der Waals surface area contributed by atoms with Gasteiger partial charge in [-0.25, -0.2) is 9.78 Å². The molecule has 0 aliphatic carbocycles. The topological polar surface area (TPSA) is 109 Å². The Morgan fingerprint density at radius 1 is 1.47 bits per heavy atom. The van der Waals surface area contributed by atoms with Crippen LogP contribution in [0.3, 0.4) is 0 Å². The van der Waals surface area contributed by atoms with Crippen molar-refractivity contribution in [1.29, 1.82) is 0 Å². The fourth-order valence-corrected chi connectivity index (χ4v) is 2.44. The second-order valence-corrected chi connectivity index (χ2v) is 4.85. The number of para-hydroxylation sites is 1. The van der Waals surface area contributed by atoms with E-state index >= 15 is 0 Å². The van der Waals surface area contributed by atoms with Gasteiger partial charge in [-0.2, -0.15) is 0 Å². The Morgan fingerprint density at radius 2 is 2.21 bits per heavy atom. The van der Waals surface area contributed by atoms with Crippen molar-refractivity contribution < 1.29 is 9.90 Å². The fraction of sp³-hybridized carbons (Fsp3) is 0.0833. The van der Waals surface area contributed by atoms with Crippen molar-refractivity contribution in [3.05, 3.63) is 45.9 Å². The highest BCUT2D eigenvalue weighted by Crippen LogP contribution is 2.31. The molecule has 0 aliphatic heterocycles. The Balaban J connectivity index is 2.41. The van der Waals surface area contributed by atoms with E-state index in [0.717, 1.165) is 11.8 Å². The van der Waals surface area contributed by atoms with Gasteiger partial charge in [0.1, 0.15) is 0 Å². The number of H-pyrrole nitrogens is 1. The molecule has 0 aliphatic rings. The number of carbonyl (C=O) groups is 1. The van der Waals surface area contributed by atoms with E-state index in [1.807, 2.05) is 0 Å². The van der Waals surface area contributed by atoms with Crippen LogP contribution in [0.25, 0.3) is 0 Å². The minimum Gasteiger partial charge on any atom is -0.478 e. The number of nitrogen functional groups attached to an aromatic ring is 1. The lowest BCUT2D eigenvalue weighted by atomic mass is 10.2. The number of aromatic carboxylic acids is 1. The van der Waals surface area contributed by atoms with Crippen molar-refractivity contribution in [2.45, 2.75) is 17.0 Å². The van der Waals surface area contributed by atoms with Crippen LogP contribution in [-0.2, 0) is 0 Å². The molecule has 0 atom stereocenters. The summed E-state index contributed by atoms with van der Waals surface area (Å²) in [7, 11) is 0. The largest absolute Gasteiger partial charge is 0.478 e. The number of nitrogens with two attached hydrogens (primary N) is 1. The number of nitrogens with one attached hydrogen (secondary N) is 1. The summed E-state index contributed by atoms with van der Waals surface area (Å²) in [6, 6.07) is 6.07. The lowest BCUT2D eigenvalue weighted by Crippen LogP contribution is -2.08. The molecular weight excluding hydrogens is 266 g/mol. The van der Waals surface area contributed by atoms with Crippen molar-refractivity contribution in [2.75, 3.05) is 5.73 Å². The predicted octanol–water partition coefficient (Wildman–Crippen LogP) is 1.51. The van der Waals surface area contributed by atoms with Gasteiger partial charge in [0.05, 0.1) is 11.3 Å². The number of aryl methyl sites for hydroxylation is 1. The lowest BCUT2D eigenvalue weighted by molar-refractivity contribution is 0.0698. The van der Waals surface area contributed by atoms with Crippen LogP contribution in [-0.4, -0.2) is 21.0 Å². The number of hydrogen-bond donors (Lipinski definition) is 3. The van der Waals surface area contributed by atoms with Crippen LogP contribution in [0.5, 0.6) is 0 Å². The molecule has 7 heteroatoms. The van der Waals surface area contributed by atoms with Crippen molar-refractivity contribution in [1.82, 2.24) is 9.97 Å². The first-order chi connectivity index (χ1) is 8.97. The molecule has 0 saturated carbocycles. The molecule has 6 nitrogen and oxygen atoms in total. The third-order valence-electron chi connectivity index (χ3n) is 2.35. The number of benzene rings is 1. The molecule has 98 valence electrons. The second kappa shape index (κ2) is 5.15. The molecule has 1 heterocycles. The molecule has 0 spiro atoms. The SMILES string of the molecule is Cc1cc(=O)[nH]c(Sc2cccc(C(=O)O)c2N)n1. The van der Waals surface area contributed by atoms with Gasteiger partial charge in [-0.3, -0.25) is 4.79 Å². The highest BCUT2D eigenvalue weighted by atomic mass is 32.2. The number of aromatic amines is 1. The van der Waals surface area contributed by atoms with Gasteiger partial charge in [-0.15, -0.1) is 0 Å². The normalized spacial score (nSPS) is 10.4. The zero-order valence-corrected chi connectivity index (χ0v) is 10.8. The third-order valence-corrected chi connectivity index (χ3v) is 3.31. The van der Waals surface area contributed by atoms with Crippen molar-refractivity contribution in [3.8, 4) is 0 Å². The maximum atomic E-state index is 11.3. The smallest absolute Gasteiger partial charge is 0.337 e. The van der Waals surface area contributed by atoms with E-state index in [2.05, 4.69) is 9.97 Å². The third kappa shape index (κ3) is 2.94.